The molecule has 194 valence electrons. The van der Waals surface area contributed by atoms with Crippen molar-refractivity contribution in [3.63, 3.8) is 0 Å². The highest BCUT2D eigenvalue weighted by molar-refractivity contribution is 5.91. The summed E-state index contributed by atoms with van der Waals surface area (Å²) in [6, 6.07) is 18.6. The third-order valence-electron chi connectivity index (χ3n) is 9.52. The number of aromatic carboxylic acids is 1. The molecule has 0 aliphatic heterocycles. The molecule has 3 heteroatoms. The smallest absolute Gasteiger partial charge is 0.335 e. The summed E-state index contributed by atoms with van der Waals surface area (Å²) in [7, 11) is 0. The number of ether oxygens (including phenoxy) is 1. The second-order valence-corrected chi connectivity index (χ2v) is 12.3. The van der Waals surface area contributed by atoms with Gasteiger partial charge in [0.1, 0.15) is 5.75 Å². The van der Waals surface area contributed by atoms with Gasteiger partial charge in [-0.1, -0.05) is 56.9 Å². The fraction of sp³-hybridized carbons (Fsp3) is 0.500. The summed E-state index contributed by atoms with van der Waals surface area (Å²) in [5.74, 6) is 2.92. The van der Waals surface area contributed by atoms with Crippen LogP contribution in [0.15, 0.2) is 54.6 Å². The van der Waals surface area contributed by atoms with Gasteiger partial charge in [0.25, 0.3) is 0 Å². The molecular formula is C34H40O3. The monoisotopic (exact) mass is 496 g/mol. The van der Waals surface area contributed by atoms with Crippen molar-refractivity contribution >= 4 is 16.7 Å². The number of benzene rings is 3. The van der Waals surface area contributed by atoms with Crippen LogP contribution in [0.5, 0.6) is 5.75 Å². The average Bonchev–Trinajstić information content (AvgIpc) is 2.89. The van der Waals surface area contributed by atoms with Crippen molar-refractivity contribution < 1.29 is 14.6 Å². The maximum atomic E-state index is 11.3. The Hall–Kier alpha value is -2.81. The molecule has 4 fully saturated rings. The molecule has 0 amide bonds. The van der Waals surface area contributed by atoms with E-state index in [2.05, 4.69) is 37.3 Å². The minimum atomic E-state index is -0.886. The van der Waals surface area contributed by atoms with Gasteiger partial charge in [-0.2, -0.15) is 0 Å². The van der Waals surface area contributed by atoms with E-state index in [1.165, 1.54) is 80.5 Å². The van der Waals surface area contributed by atoms with Crippen LogP contribution in [-0.4, -0.2) is 17.7 Å². The van der Waals surface area contributed by atoms with E-state index >= 15 is 0 Å². The molecule has 7 rings (SSSR count). The minimum absolute atomic E-state index is 0.277. The molecular weight excluding hydrogens is 456 g/mol. The van der Waals surface area contributed by atoms with E-state index in [4.69, 9.17) is 4.74 Å². The lowest BCUT2D eigenvalue weighted by atomic mass is 9.48. The van der Waals surface area contributed by atoms with Crippen LogP contribution >= 0.6 is 0 Å². The van der Waals surface area contributed by atoms with Gasteiger partial charge in [-0.15, -0.1) is 0 Å². The third kappa shape index (κ3) is 4.90. The topological polar surface area (TPSA) is 46.5 Å². The Kier molecular flexibility index (Phi) is 6.73. The van der Waals surface area contributed by atoms with Crippen molar-refractivity contribution in [2.75, 3.05) is 6.61 Å². The summed E-state index contributed by atoms with van der Waals surface area (Å²) in [5.41, 5.74) is 4.25. The van der Waals surface area contributed by atoms with Gasteiger partial charge in [0, 0.05) is 5.56 Å². The average molecular weight is 497 g/mol. The van der Waals surface area contributed by atoms with Gasteiger partial charge in [-0.25, -0.2) is 4.79 Å². The normalized spacial score (nSPS) is 26.0. The molecule has 3 aromatic rings. The van der Waals surface area contributed by atoms with E-state index in [1.807, 2.05) is 12.1 Å². The Morgan fingerprint density at radius 3 is 2.11 bits per heavy atom. The molecule has 0 radical (unpaired) electrons. The highest BCUT2D eigenvalue weighted by atomic mass is 16.5. The predicted octanol–water partition coefficient (Wildman–Crippen LogP) is 9.02. The SMILES string of the molecule is CCCCCCCOc1cc2ccc(-c3ccc(C(=O)O)cc3)cc2cc1C12CC3CC(CC(C3)C1)C2. The Bertz CT molecular complexity index is 1240. The van der Waals surface area contributed by atoms with Gasteiger partial charge in [0.05, 0.1) is 12.2 Å². The number of carbonyl (C=O) groups is 1. The van der Waals surface area contributed by atoms with Crippen LogP contribution in [0.3, 0.4) is 0 Å². The molecule has 0 unspecified atom stereocenters. The summed E-state index contributed by atoms with van der Waals surface area (Å²) >= 11 is 0. The standard InChI is InChI=1S/C34H40O3/c1-2-3-4-5-6-13-37-32-19-29-12-11-28(26-7-9-27(10-8-26)33(35)36)17-30(29)18-31(32)34-20-23-14-24(21-34)16-25(15-23)22-34/h7-12,17-19,23-25H,2-6,13-16,20-22H2,1H3,(H,35,36). The lowest BCUT2D eigenvalue weighted by Gasteiger charge is -2.57. The minimum Gasteiger partial charge on any atom is -0.493 e. The Balaban J connectivity index is 1.35. The molecule has 4 aliphatic carbocycles. The predicted molar refractivity (Wildman–Crippen MR) is 150 cm³/mol. The number of fused-ring (bicyclic) bond motifs is 1. The van der Waals surface area contributed by atoms with Gasteiger partial charge >= 0.3 is 5.97 Å². The Morgan fingerprint density at radius 1 is 0.811 bits per heavy atom. The molecule has 1 N–H and O–H groups in total. The van der Waals surface area contributed by atoms with E-state index < -0.39 is 5.97 Å². The molecule has 3 aromatic carbocycles. The van der Waals surface area contributed by atoms with Crippen LogP contribution in [0.2, 0.25) is 0 Å². The lowest BCUT2D eigenvalue weighted by molar-refractivity contribution is -0.00633. The van der Waals surface area contributed by atoms with E-state index in [0.717, 1.165) is 47.7 Å². The summed E-state index contributed by atoms with van der Waals surface area (Å²) in [6.45, 7) is 3.07. The van der Waals surface area contributed by atoms with E-state index in [0.29, 0.717) is 5.56 Å². The molecule has 3 nitrogen and oxygen atoms in total. The highest BCUT2D eigenvalue weighted by Gasteiger charge is 2.52. The van der Waals surface area contributed by atoms with Gasteiger partial charge in [0.2, 0.25) is 0 Å². The first-order valence-electron chi connectivity index (χ1n) is 14.6. The van der Waals surface area contributed by atoms with Crippen molar-refractivity contribution in [2.24, 2.45) is 17.8 Å². The van der Waals surface area contributed by atoms with Crippen molar-refractivity contribution in [2.45, 2.75) is 83.0 Å². The fourth-order valence-electron chi connectivity index (χ4n) is 8.12. The highest BCUT2D eigenvalue weighted by Crippen LogP contribution is 2.62. The summed E-state index contributed by atoms with van der Waals surface area (Å²) < 4.78 is 6.61. The lowest BCUT2D eigenvalue weighted by Crippen LogP contribution is -2.48. The van der Waals surface area contributed by atoms with Crippen LogP contribution in [-0.2, 0) is 5.41 Å². The molecule has 0 atom stereocenters. The van der Waals surface area contributed by atoms with Gasteiger partial charge < -0.3 is 9.84 Å². The summed E-state index contributed by atoms with van der Waals surface area (Å²) in [4.78, 5) is 11.3. The molecule has 0 spiro atoms. The van der Waals surface area contributed by atoms with E-state index in [1.54, 1.807) is 12.1 Å². The van der Waals surface area contributed by atoms with Crippen LogP contribution in [0, 0.1) is 17.8 Å². The first kappa shape index (κ1) is 24.5. The quantitative estimate of drug-likeness (QED) is 0.285. The molecule has 0 heterocycles. The van der Waals surface area contributed by atoms with Gasteiger partial charge in [-0.05, 0) is 120 Å². The van der Waals surface area contributed by atoms with Crippen molar-refractivity contribution in [1.82, 2.24) is 0 Å². The number of hydrogen-bond donors (Lipinski definition) is 1. The Labute approximate surface area is 221 Å². The number of carboxylic acid groups (broad SMARTS) is 1. The number of carboxylic acids is 1. The molecule has 37 heavy (non-hydrogen) atoms. The molecule has 0 saturated heterocycles. The van der Waals surface area contributed by atoms with Crippen molar-refractivity contribution in [3.05, 3.63) is 65.7 Å². The van der Waals surface area contributed by atoms with Gasteiger partial charge in [0.15, 0.2) is 0 Å². The van der Waals surface area contributed by atoms with Crippen LogP contribution < -0.4 is 4.74 Å². The zero-order valence-corrected chi connectivity index (χ0v) is 22.2. The maximum Gasteiger partial charge on any atom is 0.335 e. The summed E-state index contributed by atoms with van der Waals surface area (Å²) in [5, 5.41) is 11.8. The van der Waals surface area contributed by atoms with Crippen LogP contribution in [0.1, 0.15) is 93.5 Å². The van der Waals surface area contributed by atoms with E-state index in [9.17, 15) is 9.90 Å². The fourth-order valence-corrected chi connectivity index (χ4v) is 8.12. The zero-order valence-electron chi connectivity index (χ0n) is 22.2. The summed E-state index contributed by atoms with van der Waals surface area (Å²) in [6.07, 6.45) is 14.6. The third-order valence-corrected chi connectivity index (χ3v) is 9.52. The van der Waals surface area contributed by atoms with Crippen LogP contribution in [0.4, 0.5) is 0 Å². The van der Waals surface area contributed by atoms with Gasteiger partial charge in [-0.3, -0.25) is 0 Å². The first-order valence-corrected chi connectivity index (χ1v) is 14.6. The van der Waals surface area contributed by atoms with Crippen molar-refractivity contribution in [3.8, 4) is 16.9 Å². The number of rotatable bonds is 10. The van der Waals surface area contributed by atoms with E-state index in [-0.39, 0.29) is 5.41 Å². The van der Waals surface area contributed by atoms with Crippen molar-refractivity contribution in [1.29, 1.82) is 0 Å². The largest absolute Gasteiger partial charge is 0.493 e. The molecule has 4 bridgehead atoms. The molecule has 4 saturated carbocycles. The number of hydrogen-bond acceptors (Lipinski definition) is 2. The second kappa shape index (κ2) is 10.2. The second-order valence-electron chi connectivity index (χ2n) is 12.3. The van der Waals surface area contributed by atoms with Crippen LogP contribution in [0.25, 0.3) is 21.9 Å². The maximum absolute atomic E-state index is 11.3. The molecule has 4 aliphatic rings. The first-order chi connectivity index (χ1) is 18.0. The number of unbranched alkanes of at least 4 members (excludes halogenated alkanes) is 4. The zero-order chi connectivity index (χ0) is 25.4. The Morgan fingerprint density at radius 2 is 1.46 bits per heavy atom. The molecule has 0 aromatic heterocycles.